The summed E-state index contributed by atoms with van der Waals surface area (Å²) >= 11 is 1.51. The fourth-order valence-corrected chi connectivity index (χ4v) is 4.55. The van der Waals surface area contributed by atoms with Gasteiger partial charge in [-0.05, 0) is 31.9 Å². The quantitative estimate of drug-likeness (QED) is 0.781. The van der Waals surface area contributed by atoms with Crippen LogP contribution in [0, 0.1) is 0 Å². The van der Waals surface area contributed by atoms with Gasteiger partial charge in [-0.1, -0.05) is 6.92 Å². The molecule has 1 aliphatic heterocycles. The minimum absolute atomic E-state index is 0.00265. The van der Waals surface area contributed by atoms with Crippen LogP contribution in [-0.4, -0.2) is 33.7 Å². The summed E-state index contributed by atoms with van der Waals surface area (Å²) in [6, 6.07) is 3.82. The summed E-state index contributed by atoms with van der Waals surface area (Å²) in [4.78, 5) is 13.9. The first kappa shape index (κ1) is 13.9. The van der Waals surface area contributed by atoms with E-state index in [0.717, 1.165) is 17.7 Å². The maximum atomic E-state index is 12.1. The Labute approximate surface area is 114 Å². The lowest BCUT2D eigenvalue weighted by Crippen LogP contribution is -2.27. The van der Waals surface area contributed by atoms with Gasteiger partial charge in [-0.3, -0.25) is 9.00 Å². The third-order valence-electron chi connectivity index (χ3n) is 3.20. The topological polar surface area (TPSA) is 43.4 Å². The number of rotatable bonds is 5. The number of hydrogen-bond acceptors (Lipinski definition) is 4. The molecule has 0 aromatic carbocycles. The van der Waals surface area contributed by atoms with Crippen molar-refractivity contribution in [1.29, 1.82) is 0 Å². The molecule has 0 aliphatic carbocycles. The van der Waals surface area contributed by atoms with Crippen molar-refractivity contribution in [3.63, 3.8) is 0 Å². The fourth-order valence-electron chi connectivity index (χ4n) is 2.08. The maximum absolute atomic E-state index is 12.1. The second kappa shape index (κ2) is 6.08. The molecule has 2 rings (SSSR count). The van der Waals surface area contributed by atoms with Crippen LogP contribution in [0.2, 0.25) is 0 Å². The number of Topliss-reactive ketones (excluding diaryl/α,β-unsaturated/α-hetero) is 1. The number of ether oxygens (including phenoxy) is 1. The molecule has 0 saturated carbocycles. The summed E-state index contributed by atoms with van der Waals surface area (Å²) in [6.45, 7) is 4.65. The molecule has 18 heavy (non-hydrogen) atoms. The third-order valence-corrected chi connectivity index (χ3v) is 6.31. The van der Waals surface area contributed by atoms with E-state index in [1.807, 2.05) is 19.1 Å². The molecule has 1 aromatic rings. The average molecular weight is 286 g/mol. The van der Waals surface area contributed by atoms with Gasteiger partial charge in [0.2, 0.25) is 0 Å². The van der Waals surface area contributed by atoms with Gasteiger partial charge in [-0.15, -0.1) is 11.3 Å². The van der Waals surface area contributed by atoms with Crippen LogP contribution in [0.1, 0.15) is 34.8 Å². The Kier molecular flexibility index (Phi) is 4.70. The van der Waals surface area contributed by atoms with Gasteiger partial charge in [-0.2, -0.15) is 0 Å². The molecule has 0 amide bonds. The Morgan fingerprint density at radius 1 is 1.56 bits per heavy atom. The normalized spacial score (nSPS) is 25.2. The molecule has 1 aliphatic rings. The van der Waals surface area contributed by atoms with Crippen molar-refractivity contribution in [3.05, 3.63) is 21.9 Å². The second-order valence-electron chi connectivity index (χ2n) is 4.47. The molecule has 2 heterocycles. The molecule has 3 atom stereocenters. The molecule has 0 spiro atoms. The van der Waals surface area contributed by atoms with Crippen molar-refractivity contribution in [2.45, 2.75) is 38.0 Å². The zero-order valence-electron chi connectivity index (χ0n) is 10.7. The summed E-state index contributed by atoms with van der Waals surface area (Å²) < 4.78 is 17.5. The number of carbonyl (C=O) groups excluding carboxylic acids is 1. The minimum Gasteiger partial charge on any atom is -0.377 e. The largest absolute Gasteiger partial charge is 0.377 e. The Morgan fingerprint density at radius 2 is 2.33 bits per heavy atom. The zero-order valence-corrected chi connectivity index (χ0v) is 12.3. The zero-order chi connectivity index (χ0) is 13.1. The smallest absolute Gasteiger partial charge is 0.185 e. The van der Waals surface area contributed by atoms with E-state index in [1.54, 1.807) is 0 Å². The van der Waals surface area contributed by atoms with Gasteiger partial charge in [0.05, 0.1) is 22.0 Å². The van der Waals surface area contributed by atoms with E-state index in [9.17, 15) is 9.00 Å². The van der Waals surface area contributed by atoms with Crippen LogP contribution in [-0.2, 0) is 22.0 Å². The van der Waals surface area contributed by atoms with E-state index in [0.29, 0.717) is 6.61 Å². The highest BCUT2D eigenvalue weighted by Crippen LogP contribution is 2.21. The van der Waals surface area contributed by atoms with Crippen LogP contribution in [0.15, 0.2) is 12.1 Å². The van der Waals surface area contributed by atoms with E-state index in [-0.39, 0.29) is 22.9 Å². The van der Waals surface area contributed by atoms with Crippen LogP contribution >= 0.6 is 11.3 Å². The first-order valence-corrected chi connectivity index (χ1v) is 8.42. The van der Waals surface area contributed by atoms with Crippen LogP contribution < -0.4 is 0 Å². The van der Waals surface area contributed by atoms with Gasteiger partial charge in [0.1, 0.15) is 0 Å². The molecule has 1 saturated heterocycles. The highest BCUT2D eigenvalue weighted by Gasteiger charge is 2.30. The van der Waals surface area contributed by atoms with Gasteiger partial charge in [0.25, 0.3) is 0 Å². The van der Waals surface area contributed by atoms with Crippen LogP contribution in [0.4, 0.5) is 0 Å². The Balaban J connectivity index is 1.96. The fraction of sp³-hybridized carbons (Fsp3) is 0.615. The van der Waals surface area contributed by atoms with E-state index in [4.69, 9.17) is 4.74 Å². The van der Waals surface area contributed by atoms with Gasteiger partial charge in [-0.25, -0.2) is 0 Å². The van der Waals surface area contributed by atoms with Gasteiger partial charge < -0.3 is 4.74 Å². The lowest BCUT2D eigenvalue weighted by atomic mass is 10.3. The van der Waals surface area contributed by atoms with Gasteiger partial charge in [0, 0.05) is 22.3 Å². The molecule has 3 unspecified atom stereocenters. The lowest BCUT2D eigenvalue weighted by molar-refractivity contribution is 0.102. The predicted octanol–water partition coefficient (Wildman–Crippen LogP) is 2.42. The standard InChI is InChI=1S/C13H18O3S2/c1-3-10-4-5-12(17-10)11(14)8-18(15)13-6-7-16-9(13)2/h4-5,9,13H,3,6-8H2,1-2H3. The molecule has 100 valence electrons. The lowest BCUT2D eigenvalue weighted by Gasteiger charge is -2.12. The molecular formula is C13H18O3S2. The van der Waals surface area contributed by atoms with Crippen molar-refractivity contribution >= 4 is 27.9 Å². The Hall–Kier alpha value is -0.520. The van der Waals surface area contributed by atoms with Crippen molar-refractivity contribution in [2.24, 2.45) is 0 Å². The number of ketones is 1. The molecule has 0 radical (unpaired) electrons. The molecule has 3 nitrogen and oxygen atoms in total. The molecule has 1 fully saturated rings. The highest BCUT2D eigenvalue weighted by atomic mass is 32.2. The number of thiophene rings is 1. The summed E-state index contributed by atoms with van der Waals surface area (Å²) in [5.41, 5.74) is 0. The summed E-state index contributed by atoms with van der Waals surface area (Å²) in [5.74, 6) is 0.124. The van der Waals surface area contributed by atoms with Crippen LogP contribution in [0.3, 0.4) is 0 Å². The third kappa shape index (κ3) is 3.08. The number of hydrogen-bond donors (Lipinski definition) is 0. The van der Waals surface area contributed by atoms with Crippen molar-refractivity contribution in [3.8, 4) is 0 Å². The molecule has 5 heteroatoms. The van der Waals surface area contributed by atoms with Crippen LogP contribution in [0.25, 0.3) is 0 Å². The number of carbonyl (C=O) groups is 1. The van der Waals surface area contributed by atoms with Gasteiger partial charge >= 0.3 is 0 Å². The van der Waals surface area contributed by atoms with E-state index < -0.39 is 10.8 Å². The average Bonchev–Trinajstić information content (AvgIpc) is 2.96. The predicted molar refractivity (Wildman–Crippen MR) is 74.9 cm³/mol. The Morgan fingerprint density at radius 3 is 2.89 bits per heavy atom. The van der Waals surface area contributed by atoms with E-state index in [2.05, 4.69) is 6.92 Å². The monoisotopic (exact) mass is 286 g/mol. The maximum Gasteiger partial charge on any atom is 0.185 e. The minimum atomic E-state index is -1.12. The number of aryl methyl sites for hydroxylation is 1. The molecular weight excluding hydrogens is 268 g/mol. The molecule has 0 N–H and O–H groups in total. The summed E-state index contributed by atoms with van der Waals surface area (Å²) in [7, 11) is -1.12. The Bertz CT molecular complexity index is 453. The molecule has 1 aromatic heterocycles. The highest BCUT2D eigenvalue weighted by molar-refractivity contribution is 7.86. The molecule has 0 bridgehead atoms. The first-order valence-electron chi connectivity index (χ1n) is 6.22. The van der Waals surface area contributed by atoms with E-state index in [1.165, 1.54) is 16.2 Å². The van der Waals surface area contributed by atoms with Gasteiger partial charge in [0.15, 0.2) is 5.78 Å². The SMILES string of the molecule is CCc1ccc(C(=O)CS(=O)C2CCOC2C)s1. The second-order valence-corrected chi connectivity index (χ2v) is 7.29. The van der Waals surface area contributed by atoms with E-state index >= 15 is 0 Å². The van der Waals surface area contributed by atoms with Crippen LogP contribution in [0.5, 0.6) is 0 Å². The summed E-state index contributed by atoms with van der Waals surface area (Å²) in [6.07, 6.45) is 1.74. The van der Waals surface area contributed by atoms with Crippen molar-refractivity contribution in [1.82, 2.24) is 0 Å². The summed E-state index contributed by atoms with van der Waals surface area (Å²) in [5, 5.41) is 0.0135. The van der Waals surface area contributed by atoms with Crippen molar-refractivity contribution < 1.29 is 13.7 Å². The van der Waals surface area contributed by atoms with Crippen molar-refractivity contribution in [2.75, 3.05) is 12.4 Å². The first-order chi connectivity index (χ1) is 8.61.